The lowest BCUT2D eigenvalue weighted by atomic mass is 10.0. The van der Waals surface area contributed by atoms with Gasteiger partial charge in [0, 0.05) is 38.4 Å². The van der Waals surface area contributed by atoms with Gasteiger partial charge in [-0.25, -0.2) is 4.98 Å². The van der Waals surface area contributed by atoms with Crippen molar-refractivity contribution in [1.29, 1.82) is 0 Å². The fourth-order valence-electron chi connectivity index (χ4n) is 2.14. The Kier molecular flexibility index (Phi) is 5.51. The van der Waals surface area contributed by atoms with E-state index in [-0.39, 0.29) is 24.1 Å². The highest BCUT2D eigenvalue weighted by molar-refractivity contribution is 6.31. The van der Waals surface area contributed by atoms with Crippen LogP contribution in [0.25, 0.3) is 0 Å². The molecule has 0 saturated carbocycles. The third-order valence-electron chi connectivity index (χ3n) is 3.29. The second-order valence-corrected chi connectivity index (χ2v) is 5.47. The summed E-state index contributed by atoms with van der Waals surface area (Å²) < 4.78 is 5.23. The molecule has 1 atom stereocenters. The van der Waals surface area contributed by atoms with Crippen molar-refractivity contribution in [2.45, 2.75) is 20.3 Å². The molecule has 0 aliphatic rings. The first-order valence-electron chi connectivity index (χ1n) is 6.92. The lowest BCUT2D eigenvalue weighted by Crippen LogP contribution is -2.32. The van der Waals surface area contributed by atoms with E-state index >= 15 is 0 Å². The maximum atomic E-state index is 12.1. The van der Waals surface area contributed by atoms with E-state index in [4.69, 9.17) is 16.0 Å². The van der Waals surface area contributed by atoms with E-state index < -0.39 is 0 Å². The predicted octanol–water partition coefficient (Wildman–Crippen LogP) is 1.92. The van der Waals surface area contributed by atoms with Crippen LogP contribution in [-0.2, 0) is 6.42 Å². The van der Waals surface area contributed by atoms with E-state index in [2.05, 4.69) is 15.3 Å². The van der Waals surface area contributed by atoms with Crippen LogP contribution in [0.4, 0.5) is 0 Å². The Morgan fingerprint density at radius 3 is 2.86 bits per heavy atom. The molecule has 6 nitrogen and oxygen atoms in total. The third kappa shape index (κ3) is 4.05. The number of carbonyl (C=O) groups is 1. The highest BCUT2D eigenvalue weighted by Gasteiger charge is 2.17. The molecule has 2 heterocycles. The van der Waals surface area contributed by atoms with Crippen molar-refractivity contribution in [1.82, 2.24) is 15.3 Å². The number of rotatable bonds is 6. The van der Waals surface area contributed by atoms with Gasteiger partial charge in [-0.3, -0.25) is 9.78 Å². The normalized spacial score (nSPS) is 12.2. The van der Waals surface area contributed by atoms with Crippen LogP contribution in [0, 0.1) is 19.8 Å². The third-order valence-corrected chi connectivity index (χ3v) is 3.63. The van der Waals surface area contributed by atoms with Crippen molar-refractivity contribution < 1.29 is 14.3 Å². The summed E-state index contributed by atoms with van der Waals surface area (Å²) in [6, 6.07) is 1.80. The molecule has 2 aromatic heterocycles. The van der Waals surface area contributed by atoms with Crippen molar-refractivity contribution in [3.05, 3.63) is 46.4 Å². The number of nitrogens with zero attached hydrogens (tertiary/aromatic N) is 2. The summed E-state index contributed by atoms with van der Waals surface area (Å²) in [5.41, 5.74) is 1.16. The fraction of sp³-hybridized carbons (Fsp3) is 0.400. The van der Waals surface area contributed by atoms with Crippen LogP contribution in [-0.4, -0.2) is 34.1 Å². The van der Waals surface area contributed by atoms with Gasteiger partial charge < -0.3 is 14.8 Å². The van der Waals surface area contributed by atoms with Gasteiger partial charge in [-0.2, -0.15) is 0 Å². The Bertz CT molecular complexity index is 657. The standard InChI is InChI=1S/C15H18ClN3O3/c1-9-14(19-10(2)22-9)15(21)18-6-11(8-20)5-12-3-4-17-7-13(12)16/h3-4,7,11,20H,5-6,8H2,1-2H3,(H,18,21). The van der Waals surface area contributed by atoms with Gasteiger partial charge in [-0.1, -0.05) is 11.6 Å². The fourth-order valence-corrected chi connectivity index (χ4v) is 2.34. The number of carbonyl (C=O) groups excluding carboxylic acids is 1. The Labute approximate surface area is 133 Å². The van der Waals surface area contributed by atoms with E-state index in [0.717, 1.165) is 5.56 Å². The molecule has 2 aromatic rings. The zero-order valence-electron chi connectivity index (χ0n) is 12.5. The molecular weight excluding hydrogens is 306 g/mol. The van der Waals surface area contributed by atoms with Gasteiger partial charge in [0.15, 0.2) is 11.6 Å². The highest BCUT2D eigenvalue weighted by Crippen LogP contribution is 2.17. The first-order chi connectivity index (χ1) is 10.5. The number of oxazole rings is 1. The number of hydrogen-bond donors (Lipinski definition) is 2. The average molecular weight is 324 g/mol. The van der Waals surface area contributed by atoms with Crippen LogP contribution in [0.2, 0.25) is 5.02 Å². The summed E-state index contributed by atoms with van der Waals surface area (Å²) in [6.07, 6.45) is 3.76. The summed E-state index contributed by atoms with van der Waals surface area (Å²) in [4.78, 5) is 20.0. The van der Waals surface area contributed by atoms with E-state index in [1.807, 2.05) is 0 Å². The molecule has 2 N–H and O–H groups in total. The maximum absolute atomic E-state index is 12.1. The van der Waals surface area contributed by atoms with E-state index in [0.29, 0.717) is 29.6 Å². The molecule has 1 amide bonds. The average Bonchev–Trinajstić information content (AvgIpc) is 2.83. The second kappa shape index (κ2) is 7.38. The van der Waals surface area contributed by atoms with Crippen LogP contribution in [0.15, 0.2) is 22.9 Å². The molecular formula is C15H18ClN3O3. The van der Waals surface area contributed by atoms with Crippen molar-refractivity contribution in [2.75, 3.05) is 13.2 Å². The van der Waals surface area contributed by atoms with Crippen LogP contribution in [0.5, 0.6) is 0 Å². The SMILES string of the molecule is Cc1nc(C(=O)NCC(CO)Cc2ccncc2Cl)c(C)o1. The van der Waals surface area contributed by atoms with Crippen molar-refractivity contribution >= 4 is 17.5 Å². The second-order valence-electron chi connectivity index (χ2n) is 5.07. The number of hydrogen-bond acceptors (Lipinski definition) is 5. The molecule has 0 spiro atoms. The number of aliphatic hydroxyl groups excluding tert-OH is 1. The molecule has 1 unspecified atom stereocenters. The smallest absolute Gasteiger partial charge is 0.273 e. The zero-order valence-corrected chi connectivity index (χ0v) is 13.2. The van der Waals surface area contributed by atoms with E-state index in [1.54, 1.807) is 32.3 Å². The number of pyridine rings is 1. The number of aliphatic hydroxyl groups is 1. The lowest BCUT2D eigenvalue weighted by molar-refractivity contribution is 0.0934. The van der Waals surface area contributed by atoms with Crippen LogP contribution in [0.1, 0.15) is 27.7 Å². The molecule has 0 saturated heterocycles. The summed E-state index contributed by atoms with van der Waals surface area (Å²) >= 11 is 6.05. The molecule has 7 heteroatoms. The number of amides is 1. The molecule has 0 fully saturated rings. The number of aryl methyl sites for hydroxylation is 2. The molecule has 22 heavy (non-hydrogen) atoms. The van der Waals surface area contributed by atoms with Gasteiger partial charge >= 0.3 is 0 Å². The Hall–Kier alpha value is -1.92. The molecule has 118 valence electrons. The quantitative estimate of drug-likeness (QED) is 0.848. The molecule has 0 aliphatic carbocycles. The van der Waals surface area contributed by atoms with Gasteiger partial charge in [-0.05, 0) is 25.0 Å². The summed E-state index contributed by atoms with van der Waals surface area (Å²) in [5, 5.41) is 12.8. The minimum Gasteiger partial charge on any atom is -0.445 e. The predicted molar refractivity (Wildman–Crippen MR) is 81.8 cm³/mol. The van der Waals surface area contributed by atoms with Gasteiger partial charge in [-0.15, -0.1) is 0 Å². The Morgan fingerprint density at radius 2 is 2.27 bits per heavy atom. The summed E-state index contributed by atoms with van der Waals surface area (Å²) in [7, 11) is 0. The number of halogens is 1. The first kappa shape index (κ1) is 16.5. The molecule has 0 radical (unpaired) electrons. The number of aromatic nitrogens is 2. The van der Waals surface area contributed by atoms with Crippen molar-refractivity contribution in [3.8, 4) is 0 Å². The Balaban J connectivity index is 1.95. The molecule has 0 aliphatic heterocycles. The first-order valence-corrected chi connectivity index (χ1v) is 7.30. The minimum atomic E-state index is -0.311. The highest BCUT2D eigenvalue weighted by atomic mass is 35.5. The summed E-state index contributed by atoms with van der Waals surface area (Å²) in [6.45, 7) is 3.63. The maximum Gasteiger partial charge on any atom is 0.273 e. The van der Waals surface area contributed by atoms with E-state index in [1.165, 1.54) is 0 Å². The van der Waals surface area contributed by atoms with Crippen molar-refractivity contribution in [2.24, 2.45) is 5.92 Å². The minimum absolute atomic E-state index is 0.0598. The van der Waals surface area contributed by atoms with Crippen LogP contribution >= 0.6 is 11.6 Å². The number of nitrogens with one attached hydrogen (secondary N) is 1. The Morgan fingerprint density at radius 1 is 1.50 bits per heavy atom. The van der Waals surface area contributed by atoms with E-state index in [9.17, 15) is 9.90 Å². The zero-order chi connectivity index (χ0) is 16.1. The monoisotopic (exact) mass is 323 g/mol. The van der Waals surface area contributed by atoms with Crippen LogP contribution < -0.4 is 5.32 Å². The van der Waals surface area contributed by atoms with Crippen molar-refractivity contribution in [3.63, 3.8) is 0 Å². The molecule has 0 aromatic carbocycles. The van der Waals surface area contributed by atoms with Gasteiger partial charge in [0.25, 0.3) is 5.91 Å². The van der Waals surface area contributed by atoms with Crippen LogP contribution in [0.3, 0.4) is 0 Å². The topological polar surface area (TPSA) is 88.2 Å². The van der Waals surface area contributed by atoms with Gasteiger partial charge in [0.1, 0.15) is 5.76 Å². The van der Waals surface area contributed by atoms with Gasteiger partial charge in [0.05, 0.1) is 5.02 Å². The molecule has 0 bridgehead atoms. The van der Waals surface area contributed by atoms with Gasteiger partial charge in [0.2, 0.25) is 0 Å². The largest absolute Gasteiger partial charge is 0.445 e. The lowest BCUT2D eigenvalue weighted by Gasteiger charge is -2.15. The summed E-state index contributed by atoms with van der Waals surface area (Å²) in [5.74, 6) is 0.475. The molecule has 2 rings (SSSR count).